The van der Waals surface area contributed by atoms with Crippen molar-refractivity contribution in [2.24, 2.45) is 0 Å². The van der Waals surface area contributed by atoms with Crippen LogP contribution in [0.5, 0.6) is 0 Å². The highest BCUT2D eigenvalue weighted by Crippen LogP contribution is 2.15. The average molecular weight is 541 g/mol. The summed E-state index contributed by atoms with van der Waals surface area (Å²) in [4.78, 5) is 50.8. The quantitative estimate of drug-likeness (QED) is 0.0818. The zero-order valence-corrected chi connectivity index (χ0v) is 21.5. The molecule has 0 aromatic rings. The zero-order valence-electron chi connectivity index (χ0n) is 21.5. The number of aliphatic hydroxyl groups is 3. The van der Waals surface area contributed by atoms with E-state index in [4.69, 9.17) is 40.9 Å². The summed E-state index contributed by atoms with van der Waals surface area (Å²) < 4.78 is 0. The topological polar surface area (TPSA) is 247 Å². The molecule has 13 nitrogen and oxygen atoms in total. The monoisotopic (exact) mass is 540 g/mol. The van der Waals surface area contributed by atoms with Crippen molar-refractivity contribution in [2.45, 2.75) is 122 Å². The second-order valence-electron chi connectivity index (χ2n) is 8.57. The Hall–Kier alpha value is -2.77. The first-order valence-corrected chi connectivity index (χ1v) is 12.4. The first-order chi connectivity index (χ1) is 17.2. The Bertz CT molecular complexity index is 611. The van der Waals surface area contributed by atoms with Gasteiger partial charge in [0.1, 0.15) is 0 Å². The normalized spacial score (nSPS) is 10.5. The highest BCUT2D eigenvalue weighted by Gasteiger charge is 2.40. The summed E-state index contributed by atoms with van der Waals surface area (Å²) in [7, 11) is 0. The lowest BCUT2D eigenvalue weighted by Crippen LogP contribution is -2.42. The maximum Gasteiger partial charge on any atom is 0.336 e. The van der Waals surface area contributed by atoms with Crippen LogP contribution in [0.2, 0.25) is 0 Å². The number of hydrogen-bond donors (Lipinski definition) is 8. The molecule has 0 amide bonds. The van der Waals surface area contributed by atoms with E-state index >= 15 is 0 Å². The molecule has 0 bridgehead atoms. The van der Waals surface area contributed by atoms with Crippen molar-refractivity contribution in [3.8, 4) is 0 Å². The number of unbranched alkanes of at least 4 members (excludes halogenated alkanes) is 9. The number of aliphatic carboxylic acids is 5. The standard InChI is InChI=1S/C10H18O4.C8H18O2.C6H8O7/c11-9(12)7-5-3-1-2-4-6-8-10(13)14;1-2-3-4-5-6-7-8(9)10;7-3(8)1-6(13,5(11)12)2-4(9)10/h1-8H2,(H,11,12)(H,13,14);8-10H,2-7H2,1H3;13H,1-2H2,(H,7,8)(H,9,10)(H,11,12). The number of carboxylic acid groups (broad SMARTS) is 5. The van der Waals surface area contributed by atoms with E-state index in [0.29, 0.717) is 6.42 Å². The number of rotatable bonds is 20. The van der Waals surface area contributed by atoms with E-state index in [1.54, 1.807) is 0 Å². The summed E-state index contributed by atoms with van der Waals surface area (Å²) in [6.45, 7) is 2.17. The van der Waals surface area contributed by atoms with E-state index in [1.807, 2.05) is 0 Å². The van der Waals surface area contributed by atoms with Crippen molar-refractivity contribution in [1.29, 1.82) is 0 Å². The minimum atomic E-state index is -2.74. The molecule has 0 aliphatic carbocycles. The molecule has 37 heavy (non-hydrogen) atoms. The van der Waals surface area contributed by atoms with Gasteiger partial charge in [0, 0.05) is 12.8 Å². The molecule has 0 aliphatic heterocycles. The molecule has 218 valence electrons. The zero-order chi connectivity index (χ0) is 29.3. The maximum absolute atomic E-state index is 10.3. The molecule has 0 heterocycles. The fourth-order valence-corrected chi connectivity index (χ4v) is 2.90. The molecule has 0 rings (SSSR count). The van der Waals surface area contributed by atoms with Gasteiger partial charge in [-0.2, -0.15) is 0 Å². The van der Waals surface area contributed by atoms with Gasteiger partial charge < -0.3 is 40.9 Å². The van der Waals surface area contributed by atoms with Crippen molar-refractivity contribution in [3.63, 3.8) is 0 Å². The van der Waals surface area contributed by atoms with Crippen LogP contribution in [0.1, 0.15) is 110 Å². The van der Waals surface area contributed by atoms with Gasteiger partial charge in [-0.05, 0) is 25.7 Å². The van der Waals surface area contributed by atoms with Gasteiger partial charge >= 0.3 is 29.8 Å². The van der Waals surface area contributed by atoms with Crippen LogP contribution >= 0.6 is 0 Å². The Morgan fingerprint density at radius 3 is 1.22 bits per heavy atom. The molecule has 0 aromatic heterocycles. The van der Waals surface area contributed by atoms with Crippen LogP contribution in [-0.2, 0) is 24.0 Å². The number of carboxylic acids is 5. The molecule has 0 unspecified atom stereocenters. The Kier molecular flexibility index (Phi) is 26.1. The van der Waals surface area contributed by atoms with Crippen LogP contribution in [0.4, 0.5) is 0 Å². The fourth-order valence-electron chi connectivity index (χ4n) is 2.90. The maximum atomic E-state index is 10.3. The number of aliphatic hydroxyl groups excluding tert-OH is 1. The summed E-state index contributed by atoms with van der Waals surface area (Å²) >= 11 is 0. The van der Waals surface area contributed by atoms with Crippen molar-refractivity contribution in [2.75, 3.05) is 0 Å². The SMILES string of the molecule is CCCCCCCC(O)O.O=C(O)CC(O)(CC(=O)O)C(=O)O.O=C(O)CCCCCCCCC(=O)O. The van der Waals surface area contributed by atoms with E-state index in [-0.39, 0.29) is 12.8 Å². The third-order valence-electron chi connectivity index (χ3n) is 4.88. The lowest BCUT2D eigenvalue weighted by Gasteiger charge is -2.18. The van der Waals surface area contributed by atoms with Gasteiger partial charge in [0.25, 0.3) is 0 Å². The lowest BCUT2D eigenvalue weighted by molar-refractivity contribution is -0.170. The second-order valence-corrected chi connectivity index (χ2v) is 8.57. The summed E-state index contributed by atoms with van der Waals surface area (Å²) in [6, 6.07) is 0. The predicted molar refractivity (Wildman–Crippen MR) is 131 cm³/mol. The van der Waals surface area contributed by atoms with Crippen molar-refractivity contribution < 1.29 is 64.8 Å². The van der Waals surface area contributed by atoms with Crippen LogP contribution in [0.3, 0.4) is 0 Å². The van der Waals surface area contributed by atoms with Gasteiger partial charge in [0.15, 0.2) is 11.9 Å². The van der Waals surface area contributed by atoms with E-state index < -0.39 is 54.6 Å². The minimum absolute atomic E-state index is 0.245. The molecule has 0 saturated carbocycles. The third kappa shape index (κ3) is 33.2. The highest BCUT2D eigenvalue weighted by atomic mass is 16.5. The molecule has 8 N–H and O–H groups in total. The Morgan fingerprint density at radius 2 is 0.919 bits per heavy atom. The minimum Gasteiger partial charge on any atom is -0.481 e. The molecule has 0 saturated heterocycles. The molecule has 0 aliphatic rings. The van der Waals surface area contributed by atoms with Gasteiger partial charge in [-0.25, -0.2) is 4.79 Å². The van der Waals surface area contributed by atoms with E-state index in [2.05, 4.69) is 6.92 Å². The van der Waals surface area contributed by atoms with Crippen LogP contribution in [0, 0.1) is 0 Å². The molecular weight excluding hydrogens is 496 g/mol. The van der Waals surface area contributed by atoms with Gasteiger partial charge in [0.2, 0.25) is 0 Å². The molecule has 0 atom stereocenters. The Morgan fingerprint density at radius 1 is 0.568 bits per heavy atom. The molecule has 0 fully saturated rings. The first-order valence-electron chi connectivity index (χ1n) is 12.4. The molecule has 0 radical (unpaired) electrons. The average Bonchev–Trinajstić information content (AvgIpc) is 2.74. The molecule has 0 spiro atoms. The summed E-state index contributed by atoms with van der Waals surface area (Å²) in [5.74, 6) is -6.50. The van der Waals surface area contributed by atoms with Gasteiger partial charge in [0.05, 0.1) is 12.8 Å². The Labute approximate surface area is 216 Å². The summed E-state index contributed by atoms with van der Waals surface area (Å²) in [5, 5.41) is 67.4. The van der Waals surface area contributed by atoms with Crippen molar-refractivity contribution in [1.82, 2.24) is 0 Å². The largest absolute Gasteiger partial charge is 0.481 e. The lowest BCUT2D eigenvalue weighted by atomic mass is 9.96. The van der Waals surface area contributed by atoms with Crippen molar-refractivity contribution >= 4 is 29.8 Å². The van der Waals surface area contributed by atoms with E-state index in [1.165, 1.54) is 19.3 Å². The van der Waals surface area contributed by atoms with Gasteiger partial charge in [-0.3, -0.25) is 19.2 Å². The van der Waals surface area contributed by atoms with E-state index in [0.717, 1.165) is 51.4 Å². The molecule has 0 aromatic carbocycles. The van der Waals surface area contributed by atoms with Crippen LogP contribution in [0.25, 0.3) is 0 Å². The van der Waals surface area contributed by atoms with Crippen LogP contribution in [-0.4, -0.2) is 82.6 Å². The molecule has 13 heteroatoms. The van der Waals surface area contributed by atoms with Crippen molar-refractivity contribution in [3.05, 3.63) is 0 Å². The second kappa shape index (κ2) is 24.9. The predicted octanol–water partition coefficient (Wildman–Crippen LogP) is 2.69. The van der Waals surface area contributed by atoms with Crippen LogP contribution < -0.4 is 0 Å². The highest BCUT2D eigenvalue weighted by molar-refractivity contribution is 5.88. The summed E-state index contributed by atoms with van der Waals surface area (Å²) in [5.41, 5.74) is -2.74. The Balaban J connectivity index is -0.000000476. The summed E-state index contributed by atoms with van der Waals surface area (Å²) in [6.07, 6.45) is 8.77. The number of hydrogen-bond acceptors (Lipinski definition) is 8. The first kappa shape index (κ1) is 38.8. The van der Waals surface area contributed by atoms with Crippen LogP contribution in [0.15, 0.2) is 0 Å². The van der Waals surface area contributed by atoms with Gasteiger partial charge in [-0.1, -0.05) is 58.3 Å². The molecular formula is C24H44O13. The van der Waals surface area contributed by atoms with E-state index in [9.17, 15) is 24.0 Å². The van der Waals surface area contributed by atoms with Gasteiger partial charge in [-0.15, -0.1) is 0 Å². The fraction of sp³-hybridized carbons (Fsp3) is 0.792. The smallest absolute Gasteiger partial charge is 0.336 e. The number of carbonyl (C=O) groups is 5. The third-order valence-corrected chi connectivity index (χ3v) is 4.88.